The van der Waals surface area contributed by atoms with Crippen molar-refractivity contribution >= 4 is 0 Å². The van der Waals surface area contributed by atoms with Gasteiger partial charge < -0.3 is 9.75 Å². The van der Waals surface area contributed by atoms with Crippen LogP contribution in [0.2, 0.25) is 0 Å². The summed E-state index contributed by atoms with van der Waals surface area (Å²) in [7, 11) is 0. The van der Waals surface area contributed by atoms with Crippen molar-refractivity contribution in [3.05, 3.63) is 53.2 Å². The van der Waals surface area contributed by atoms with E-state index in [-0.39, 0.29) is 5.56 Å². The molecule has 0 amide bonds. The van der Waals surface area contributed by atoms with Crippen molar-refractivity contribution in [2.45, 2.75) is 0 Å². The summed E-state index contributed by atoms with van der Waals surface area (Å²) >= 11 is 0. The van der Waals surface area contributed by atoms with Crippen LogP contribution in [0, 0.1) is 0 Å². The number of hydrogen-bond donors (Lipinski definition) is 0. The molecule has 1 saturated heterocycles. The van der Waals surface area contributed by atoms with E-state index in [0.29, 0.717) is 13.2 Å². The zero-order valence-corrected chi connectivity index (χ0v) is 10.5. The van der Waals surface area contributed by atoms with Crippen LogP contribution in [0.5, 0.6) is 0 Å². The summed E-state index contributed by atoms with van der Waals surface area (Å²) in [5, 5.41) is 2.01. The number of hydrogen-bond acceptors (Lipinski definition) is 4. The van der Waals surface area contributed by atoms with Crippen molar-refractivity contribution < 1.29 is 4.74 Å². The van der Waals surface area contributed by atoms with Crippen molar-refractivity contribution in [1.29, 1.82) is 0 Å². The van der Waals surface area contributed by atoms with Gasteiger partial charge in [0.15, 0.2) is 0 Å². The van der Waals surface area contributed by atoms with E-state index in [0.717, 1.165) is 24.2 Å². The van der Waals surface area contributed by atoms with Crippen molar-refractivity contribution in [2.24, 2.45) is 0 Å². The molecule has 98 valence electrons. The Bertz CT molecular complexity index is 604. The molecule has 1 fully saturated rings. The summed E-state index contributed by atoms with van der Waals surface area (Å²) in [6.45, 7) is 2.78. The van der Waals surface area contributed by atoms with Crippen molar-refractivity contribution in [2.75, 3.05) is 31.3 Å². The summed E-state index contributed by atoms with van der Waals surface area (Å²) in [5.74, 6) is 0. The maximum absolute atomic E-state index is 12.0. The van der Waals surface area contributed by atoms with E-state index >= 15 is 0 Å². The number of pyridine rings is 2. The van der Waals surface area contributed by atoms with Gasteiger partial charge in [0.25, 0.3) is 5.56 Å². The topological polar surface area (TPSA) is 47.4 Å². The first-order valence-electron chi connectivity index (χ1n) is 6.31. The Hall–Kier alpha value is -2.14. The monoisotopic (exact) mass is 257 g/mol. The fourth-order valence-electron chi connectivity index (χ4n) is 2.17. The molecular formula is C14H15N3O2. The van der Waals surface area contributed by atoms with Crippen LogP contribution in [-0.4, -0.2) is 36.0 Å². The predicted molar refractivity (Wildman–Crippen MR) is 72.7 cm³/mol. The molecule has 5 heteroatoms. The molecule has 0 aliphatic carbocycles. The Morgan fingerprint density at radius 3 is 2.68 bits per heavy atom. The highest BCUT2D eigenvalue weighted by Crippen LogP contribution is 2.15. The minimum atomic E-state index is -0.0189. The van der Waals surface area contributed by atoms with E-state index in [1.165, 1.54) is 0 Å². The molecule has 3 rings (SSSR count). The molecule has 0 atom stereocenters. The van der Waals surface area contributed by atoms with Gasteiger partial charge in [-0.3, -0.25) is 9.78 Å². The molecule has 3 heterocycles. The molecule has 5 nitrogen and oxygen atoms in total. The van der Waals surface area contributed by atoms with E-state index in [9.17, 15) is 4.79 Å². The zero-order chi connectivity index (χ0) is 13.1. The second-order valence-corrected chi connectivity index (χ2v) is 4.41. The molecule has 2 aromatic heterocycles. The van der Waals surface area contributed by atoms with Gasteiger partial charge in [0.05, 0.1) is 26.3 Å². The third kappa shape index (κ3) is 2.51. The van der Waals surface area contributed by atoms with Crippen LogP contribution in [0.1, 0.15) is 0 Å². The summed E-state index contributed by atoms with van der Waals surface area (Å²) in [4.78, 5) is 16.1. The van der Waals surface area contributed by atoms with E-state index in [4.69, 9.17) is 4.74 Å². The van der Waals surface area contributed by atoms with Gasteiger partial charge in [0.1, 0.15) is 0 Å². The van der Waals surface area contributed by atoms with E-state index < -0.39 is 0 Å². The van der Waals surface area contributed by atoms with Crippen molar-refractivity contribution in [3.8, 4) is 11.1 Å². The predicted octanol–water partition coefficient (Wildman–Crippen LogP) is 0.878. The van der Waals surface area contributed by atoms with Gasteiger partial charge in [-0.05, 0) is 12.1 Å². The fourth-order valence-corrected chi connectivity index (χ4v) is 2.17. The molecular weight excluding hydrogens is 242 g/mol. The van der Waals surface area contributed by atoms with Crippen LogP contribution in [0.25, 0.3) is 11.1 Å². The second-order valence-electron chi connectivity index (χ2n) is 4.41. The largest absolute Gasteiger partial charge is 0.378 e. The summed E-state index contributed by atoms with van der Waals surface area (Å²) < 4.78 is 6.98. The number of aromatic nitrogens is 2. The molecule has 0 radical (unpaired) electrons. The highest BCUT2D eigenvalue weighted by Gasteiger charge is 2.12. The smallest absolute Gasteiger partial charge is 0.268 e. The molecule has 19 heavy (non-hydrogen) atoms. The van der Waals surface area contributed by atoms with Crippen LogP contribution in [-0.2, 0) is 4.74 Å². The minimum absolute atomic E-state index is 0.0189. The Morgan fingerprint density at radius 1 is 1.11 bits per heavy atom. The average molecular weight is 257 g/mol. The third-order valence-electron chi connectivity index (χ3n) is 3.18. The molecule has 0 N–H and O–H groups in total. The number of rotatable bonds is 2. The molecule has 0 unspecified atom stereocenters. The highest BCUT2D eigenvalue weighted by molar-refractivity contribution is 5.60. The van der Waals surface area contributed by atoms with Gasteiger partial charge in [-0.2, -0.15) is 0 Å². The fraction of sp³-hybridized carbons (Fsp3) is 0.286. The summed E-state index contributed by atoms with van der Waals surface area (Å²) in [6.07, 6.45) is 5.40. The Labute approximate surface area is 111 Å². The Balaban J connectivity index is 1.98. The van der Waals surface area contributed by atoms with Gasteiger partial charge in [-0.1, -0.05) is 6.07 Å². The SMILES string of the molecule is O=c1ccc(-c2cccnc2)cn1N1CCOCC1. The van der Waals surface area contributed by atoms with E-state index in [1.54, 1.807) is 23.1 Å². The van der Waals surface area contributed by atoms with Crippen molar-refractivity contribution in [3.63, 3.8) is 0 Å². The number of ether oxygens (including phenoxy) is 1. The first kappa shape index (κ1) is 11.9. The maximum Gasteiger partial charge on any atom is 0.268 e. The highest BCUT2D eigenvalue weighted by atomic mass is 16.5. The van der Waals surface area contributed by atoms with Crippen LogP contribution >= 0.6 is 0 Å². The lowest BCUT2D eigenvalue weighted by Crippen LogP contribution is -2.48. The second kappa shape index (κ2) is 5.24. The van der Waals surface area contributed by atoms with Crippen LogP contribution in [0.3, 0.4) is 0 Å². The van der Waals surface area contributed by atoms with Crippen molar-refractivity contribution in [1.82, 2.24) is 9.66 Å². The zero-order valence-electron chi connectivity index (χ0n) is 10.5. The Kier molecular flexibility index (Phi) is 3.29. The molecule has 2 aromatic rings. The summed E-state index contributed by atoms with van der Waals surface area (Å²) in [6, 6.07) is 7.30. The standard InChI is InChI=1S/C14H15N3O2/c18-14-4-3-13(12-2-1-5-15-10-12)11-17(14)16-6-8-19-9-7-16/h1-5,10-11H,6-9H2. The first-order chi connectivity index (χ1) is 9.34. The van der Waals surface area contributed by atoms with Gasteiger partial charge >= 0.3 is 0 Å². The van der Waals surface area contributed by atoms with Crippen LogP contribution < -0.4 is 10.6 Å². The van der Waals surface area contributed by atoms with Gasteiger partial charge in [0, 0.05) is 35.8 Å². The van der Waals surface area contributed by atoms with Gasteiger partial charge in [-0.25, -0.2) is 4.68 Å². The van der Waals surface area contributed by atoms with Gasteiger partial charge in [0.2, 0.25) is 0 Å². The molecule has 0 saturated carbocycles. The lowest BCUT2D eigenvalue weighted by molar-refractivity contribution is 0.110. The van der Waals surface area contributed by atoms with Crippen LogP contribution in [0.15, 0.2) is 47.7 Å². The normalized spacial score (nSPS) is 15.5. The summed E-state index contributed by atoms with van der Waals surface area (Å²) in [5.41, 5.74) is 1.97. The molecule has 0 bridgehead atoms. The number of nitrogens with zero attached hydrogens (tertiary/aromatic N) is 3. The quantitative estimate of drug-likeness (QED) is 0.801. The lowest BCUT2D eigenvalue weighted by atomic mass is 10.1. The Morgan fingerprint density at radius 2 is 1.95 bits per heavy atom. The first-order valence-corrected chi connectivity index (χ1v) is 6.31. The van der Waals surface area contributed by atoms with Gasteiger partial charge in [-0.15, -0.1) is 0 Å². The molecule has 1 aliphatic rings. The minimum Gasteiger partial charge on any atom is -0.378 e. The molecule has 0 spiro atoms. The molecule has 0 aromatic carbocycles. The average Bonchev–Trinajstić information content (AvgIpc) is 2.49. The van der Waals surface area contributed by atoms with E-state index in [1.807, 2.05) is 29.4 Å². The number of morpholine rings is 1. The molecule has 1 aliphatic heterocycles. The van der Waals surface area contributed by atoms with E-state index in [2.05, 4.69) is 4.98 Å². The maximum atomic E-state index is 12.0. The van der Waals surface area contributed by atoms with Crippen LogP contribution in [0.4, 0.5) is 0 Å². The lowest BCUT2D eigenvalue weighted by Gasteiger charge is -2.30. The third-order valence-corrected chi connectivity index (χ3v) is 3.18.